The first-order valence-corrected chi connectivity index (χ1v) is 7.34. The summed E-state index contributed by atoms with van der Waals surface area (Å²) in [7, 11) is 0. The van der Waals surface area contributed by atoms with Gasteiger partial charge in [0, 0.05) is 23.8 Å². The third kappa shape index (κ3) is 4.77. The minimum Gasteiger partial charge on any atom is -0.351 e. The van der Waals surface area contributed by atoms with Gasteiger partial charge < -0.3 is 5.32 Å². The second-order valence-electron chi connectivity index (χ2n) is 5.28. The summed E-state index contributed by atoms with van der Waals surface area (Å²) in [6.07, 6.45) is 3.91. The highest BCUT2D eigenvalue weighted by Crippen LogP contribution is 2.21. The summed E-state index contributed by atoms with van der Waals surface area (Å²) in [4.78, 5) is 16.2. The van der Waals surface area contributed by atoms with Gasteiger partial charge in [-0.15, -0.1) is 0 Å². The largest absolute Gasteiger partial charge is 0.351 e. The molecule has 0 saturated heterocycles. The molecule has 1 rings (SSSR count). The third-order valence-corrected chi connectivity index (χ3v) is 3.53. The quantitative estimate of drug-likeness (QED) is 0.819. The topological polar surface area (TPSA) is 42.0 Å². The number of halogens is 1. The van der Waals surface area contributed by atoms with E-state index < -0.39 is 0 Å². The maximum absolute atomic E-state index is 12.0. The van der Waals surface area contributed by atoms with Crippen molar-refractivity contribution in [3.63, 3.8) is 0 Å². The molecular weight excluding hydrogens is 292 g/mol. The molecule has 4 heteroatoms. The van der Waals surface area contributed by atoms with Gasteiger partial charge in [0.15, 0.2) is 0 Å². The summed E-state index contributed by atoms with van der Waals surface area (Å²) in [6, 6.07) is 3.60. The minimum atomic E-state index is -0.0347. The van der Waals surface area contributed by atoms with Crippen LogP contribution in [0.2, 0.25) is 0 Å². The van der Waals surface area contributed by atoms with Gasteiger partial charge in [-0.25, -0.2) is 0 Å². The second kappa shape index (κ2) is 6.88. The first-order valence-electron chi connectivity index (χ1n) is 6.22. The molecule has 0 aromatic carbocycles. The first-order chi connectivity index (χ1) is 8.46. The zero-order valence-electron chi connectivity index (χ0n) is 11.3. The maximum Gasteiger partial charge on any atom is 0.253 e. The van der Waals surface area contributed by atoms with Crippen molar-refractivity contribution in [1.29, 1.82) is 0 Å². The van der Waals surface area contributed by atoms with Gasteiger partial charge in [-0.1, -0.05) is 29.8 Å². The van der Waals surface area contributed by atoms with Gasteiger partial charge in [-0.05, 0) is 37.3 Å². The molecule has 0 fully saturated rings. The van der Waals surface area contributed by atoms with Crippen molar-refractivity contribution < 1.29 is 4.79 Å². The predicted molar refractivity (Wildman–Crippen MR) is 78.1 cm³/mol. The van der Waals surface area contributed by atoms with Crippen LogP contribution in [0.3, 0.4) is 0 Å². The lowest BCUT2D eigenvalue weighted by atomic mass is 9.88. The Balaban J connectivity index is 2.54. The average molecular weight is 313 g/mol. The molecule has 0 aliphatic heterocycles. The van der Waals surface area contributed by atoms with Crippen molar-refractivity contribution in [3.8, 4) is 0 Å². The van der Waals surface area contributed by atoms with Gasteiger partial charge in [0.05, 0.1) is 5.56 Å². The molecule has 0 bridgehead atoms. The fourth-order valence-corrected chi connectivity index (χ4v) is 2.05. The summed E-state index contributed by atoms with van der Waals surface area (Å²) < 4.78 is 0. The molecule has 0 unspecified atom stereocenters. The zero-order valence-corrected chi connectivity index (χ0v) is 12.9. The van der Waals surface area contributed by atoms with Crippen LogP contribution in [0.1, 0.15) is 42.7 Å². The lowest BCUT2D eigenvalue weighted by Gasteiger charge is -2.24. The Morgan fingerprint density at radius 1 is 1.50 bits per heavy atom. The van der Waals surface area contributed by atoms with E-state index in [0.29, 0.717) is 12.1 Å². The highest BCUT2D eigenvalue weighted by atomic mass is 79.9. The molecule has 0 spiro atoms. The van der Waals surface area contributed by atoms with Crippen molar-refractivity contribution in [2.75, 3.05) is 11.9 Å². The molecule has 3 nitrogen and oxygen atoms in total. The Labute approximate surface area is 118 Å². The summed E-state index contributed by atoms with van der Waals surface area (Å²) in [5.74, 6) is -0.0347. The molecule has 1 amide bonds. The number of hydrogen-bond acceptors (Lipinski definition) is 2. The van der Waals surface area contributed by atoms with E-state index in [-0.39, 0.29) is 11.3 Å². The SMILES string of the molecule is Cc1ncccc1C(=O)NCC(C)(C)CCCBr. The summed E-state index contributed by atoms with van der Waals surface area (Å²) in [5.41, 5.74) is 1.56. The lowest BCUT2D eigenvalue weighted by Crippen LogP contribution is -2.34. The number of amides is 1. The number of carbonyl (C=O) groups is 1. The van der Waals surface area contributed by atoms with Crippen LogP contribution < -0.4 is 5.32 Å². The van der Waals surface area contributed by atoms with Crippen LogP contribution in [0.25, 0.3) is 0 Å². The standard InChI is InChI=1S/C14H21BrN2O/c1-11-12(6-4-9-16-11)13(18)17-10-14(2,3)7-5-8-15/h4,6,9H,5,7-8,10H2,1-3H3,(H,17,18). The molecule has 0 radical (unpaired) electrons. The smallest absolute Gasteiger partial charge is 0.253 e. The highest BCUT2D eigenvalue weighted by molar-refractivity contribution is 9.09. The molecule has 1 N–H and O–H groups in total. The number of carbonyl (C=O) groups excluding carboxylic acids is 1. The number of aromatic nitrogens is 1. The number of alkyl halides is 1. The zero-order chi connectivity index (χ0) is 13.6. The van der Waals surface area contributed by atoms with Crippen molar-refractivity contribution in [2.45, 2.75) is 33.6 Å². The van der Waals surface area contributed by atoms with E-state index in [2.05, 4.69) is 40.1 Å². The van der Waals surface area contributed by atoms with Crippen LogP contribution in [-0.2, 0) is 0 Å². The van der Waals surface area contributed by atoms with E-state index >= 15 is 0 Å². The van der Waals surface area contributed by atoms with Crippen LogP contribution in [0.15, 0.2) is 18.3 Å². The van der Waals surface area contributed by atoms with E-state index in [1.165, 1.54) is 0 Å². The number of nitrogens with zero attached hydrogens (tertiary/aromatic N) is 1. The number of aryl methyl sites for hydroxylation is 1. The molecule has 1 aromatic heterocycles. The minimum absolute atomic E-state index is 0.0347. The van der Waals surface area contributed by atoms with Crippen LogP contribution in [0.4, 0.5) is 0 Å². The second-order valence-corrected chi connectivity index (χ2v) is 6.07. The molecule has 18 heavy (non-hydrogen) atoms. The first kappa shape index (κ1) is 15.2. The fourth-order valence-electron chi connectivity index (χ4n) is 1.77. The van der Waals surface area contributed by atoms with Crippen molar-refractivity contribution in [1.82, 2.24) is 10.3 Å². The van der Waals surface area contributed by atoms with Crippen LogP contribution in [0.5, 0.6) is 0 Å². The van der Waals surface area contributed by atoms with Gasteiger partial charge in [0.2, 0.25) is 0 Å². The van der Waals surface area contributed by atoms with Crippen molar-refractivity contribution in [3.05, 3.63) is 29.6 Å². The predicted octanol–water partition coefficient (Wildman–Crippen LogP) is 3.32. The molecule has 0 saturated carbocycles. The maximum atomic E-state index is 12.0. The molecule has 100 valence electrons. The van der Waals surface area contributed by atoms with Gasteiger partial charge in [-0.2, -0.15) is 0 Å². The van der Waals surface area contributed by atoms with Crippen molar-refractivity contribution >= 4 is 21.8 Å². The Morgan fingerprint density at radius 2 is 2.22 bits per heavy atom. The van der Waals surface area contributed by atoms with Crippen LogP contribution >= 0.6 is 15.9 Å². The fraction of sp³-hybridized carbons (Fsp3) is 0.571. The molecule has 0 atom stereocenters. The monoisotopic (exact) mass is 312 g/mol. The number of pyridine rings is 1. The Kier molecular flexibility index (Phi) is 5.79. The summed E-state index contributed by atoms with van der Waals surface area (Å²) in [6.45, 7) is 6.89. The number of hydrogen-bond donors (Lipinski definition) is 1. The van der Waals surface area contributed by atoms with Gasteiger partial charge in [0.25, 0.3) is 5.91 Å². The van der Waals surface area contributed by atoms with Crippen LogP contribution in [0, 0.1) is 12.3 Å². The normalized spacial score (nSPS) is 11.3. The summed E-state index contributed by atoms with van der Waals surface area (Å²) in [5, 5.41) is 4.00. The Bertz CT molecular complexity index is 405. The Morgan fingerprint density at radius 3 is 2.83 bits per heavy atom. The third-order valence-electron chi connectivity index (χ3n) is 2.97. The lowest BCUT2D eigenvalue weighted by molar-refractivity contribution is 0.0933. The van der Waals surface area contributed by atoms with E-state index in [9.17, 15) is 4.79 Å². The number of rotatable bonds is 6. The van der Waals surface area contributed by atoms with E-state index in [4.69, 9.17) is 0 Å². The Hall–Kier alpha value is -0.900. The van der Waals surface area contributed by atoms with Crippen LogP contribution in [-0.4, -0.2) is 22.8 Å². The molecule has 1 aromatic rings. The van der Waals surface area contributed by atoms with Gasteiger partial charge in [0.1, 0.15) is 0 Å². The van der Waals surface area contributed by atoms with E-state index in [1.807, 2.05) is 13.0 Å². The molecular formula is C14H21BrN2O. The van der Waals surface area contributed by atoms with Gasteiger partial charge in [-0.3, -0.25) is 9.78 Å². The highest BCUT2D eigenvalue weighted by Gasteiger charge is 2.19. The van der Waals surface area contributed by atoms with Gasteiger partial charge >= 0.3 is 0 Å². The summed E-state index contributed by atoms with van der Waals surface area (Å²) >= 11 is 3.43. The molecule has 0 aliphatic carbocycles. The molecule has 0 aliphatic rings. The average Bonchev–Trinajstić information content (AvgIpc) is 2.34. The number of nitrogens with one attached hydrogen (secondary N) is 1. The van der Waals surface area contributed by atoms with E-state index in [0.717, 1.165) is 23.9 Å². The van der Waals surface area contributed by atoms with E-state index in [1.54, 1.807) is 12.3 Å². The molecule has 1 heterocycles. The van der Waals surface area contributed by atoms with Crippen molar-refractivity contribution in [2.24, 2.45) is 5.41 Å².